The SMILES string of the molecule is CN(C)C(CCc1ccc2c(c1)CC(=O)N2)C(=O)O. The molecule has 0 aromatic heterocycles. The van der Waals surface area contributed by atoms with Gasteiger partial charge in [0.15, 0.2) is 0 Å². The fraction of sp³-hybridized carbons (Fsp3) is 0.429. The van der Waals surface area contributed by atoms with Crippen molar-refractivity contribution in [2.24, 2.45) is 0 Å². The van der Waals surface area contributed by atoms with Gasteiger partial charge < -0.3 is 10.4 Å². The number of carboxylic acid groups (broad SMARTS) is 1. The van der Waals surface area contributed by atoms with E-state index in [0.717, 1.165) is 16.8 Å². The Bertz CT molecular complexity index is 511. The van der Waals surface area contributed by atoms with Crippen LogP contribution < -0.4 is 5.32 Å². The first-order chi connectivity index (χ1) is 8.97. The molecule has 2 N–H and O–H groups in total. The number of likely N-dealkylation sites (N-methyl/N-ethyl adjacent to an activating group) is 1. The van der Waals surface area contributed by atoms with Crippen molar-refractivity contribution in [2.45, 2.75) is 25.3 Å². The maximum atomic E-state index is 11.3. The first kappa shape index (κ1) is 13.5. The largest absolute Gasteiger partial charge is 0.480 e. The van der Waals surface area contributed by atoms with E-state index in [0.29, 0.717) is 19.3 Å². The molecule has 19 heavy (non-hydrogen) atoms. The third-order valence-electron chi connectivity index (χ3n) is 3.41. The summed E-state index contributed by atoms with van der Waals surface area (Å²) in [6.07, 6.45) is 1.67. The average molecular weight is 262 g/mol. The first-order valence-electron chi connectivity index (χ1n) is 6.28. The first-order valence-corrected chi connectivity index (χ1v) is 6.28. The third kappa shape index (κ3) is 3.12. The van der Waals surface area contributed by atoms with Crippen LogP contribution in [0.4, 0.5) is 5.69 Å². The number of aryl methyl sites for hydroxylation is 1. The topological polar surface area (TPSA) is 69.6 Å². The number of aliphatic carboxylic acids is 1. The standard InChI is InChI=1S/C14H18N2O3/c1-16(2)12(14(18)19)6-4-9-3-5-11-10(7-9)8-13(17)15-11/h3,5,7,12H,4,6,8H2,1-2H3,(H,15,17)(H,18,19). The minimum Gasteiger partial charge on any atom is -0.480 e. The molecule has 1 atom stereocenters. The van der Waals surface area contributed by atoms with Gasteiger partial charge in [-0.3, -0.25) is 14.5 Å². The highest BCUT2D eigenvalue weighted by Crippen LogP contribution is 2.24. The predicted molar refractivity (Wildman–Crippen MR) is 72.2 cm³/mol. The van der Waals surface area contributed by atoms with Crippen molar-refractivity contribution in [1.82, 2.24) is 4.90 Å². The van der Waals surface area contributed by atoms with Crippen LogP contribution in [0, 0.1) is 0 Å². The second kappa shape index (κ2) is 5.40. The number of fused-ring (bicyclic) bond motifs is 1. The van der Waals surface area contributed by atoms with Crippen LogP contribution in [0.25, 0.3) is 0 Å². The van der Waals surface area contributed by atoms with E-state index in [1.54, 1.807) is 19.0 Å². The summed E-state index contributed by atoms with van der Waals surface area (Å²) >= 11 is 0. The monoisotopic (exact) mass is 262 g/mol. The van der Waals surface area contributed by atoms with E-state index in [1.165, 1.54) is 0 Å². The van der Waals surface area contributed by atoms with Crippen LogP contribution >= 0.6 is 0 Å². The van der Waals surface area contributed by atoms with Crippen molar-refractivity contribution < 1.29 is 14.7 Å². The van der Waals surface area contributed by atoms with Crippen molar-refractivity contribution in [2.75, 3.05) is 19.4 Å². The minimum atomic E-state index is -0.803. The maximum Gasteiger partial charge on any atom is 0.320 e. The molecule has 1 heterocycles. The van der Waals surface area contributed by atoms with E-state index in [9.17, 15) is 9.59 Å². The summed E-state index contributed by atoms with van der Waals surface area (Å²) in [5.41, 5.74) is 2.94. The zero-order valence-corrected chi connectivity index (χ0v) is 11.1. The molecule has 1 aliphatic heterocycles. The molecule has 0 radical (unpaired) electrons. The fourth-order valence-electron chi connectivity index (χ4n) is 2.34. The zero-order valence-electron chi connectivity index (χ0n) is 11.1. The number of nitrogens with one attached hydrogen (secondary N) is 1. The molecular weight excluding hydrogens is 244 g/mol. The number of rotatable bonds is 5. The molecule has 1 amide bonds. The van der Waals surface area contributed by atoms with Gasteiger partial charge in [0, 0.05) is 5.69 Å². The summed E-state index contributed by atoms with van der Waals surface area (Å²) < 4.78 is 0. The Hall–Kier alpha value is -1.88. The van der Waals surface area contributed by atoms with E-state index in [2.05, 4.69) is 5.32 Å². The lowest BCUT2D eigenvalue weighted by atomic mass is 10.0. The van der Waals surface area contributed by atoms with Gasteiger partial charge in [-0.05, 0) is 44.1 Å². The lowest BCUT2D eigenvalue weighted by Gasteiger charge is -2.19. The number of amides is 1. The maximum absolute atomic E-state index is 11.3. The molecule has 0 spiro atoms. The molecule has 0 aliphatic carbocycles. The number of carboxylic acids is 1. The Labute approximate surface area is 112 Å². The van der Waals surface area contributed by atoms with Crippen LogP contribution in [0.2, 0.25) is 0 Å². The molecule has 0 fully saturated rings. The normalized spacial score (nSPS) is 15.2. The van der Waals surface area contributed by atoms with Crippen LogP contribution in [0.15, 0.2) is 18.2 Å². The molecule has 5 nitrogen and oxygen atoms in total. The number of benzene rings is 1. The lowest BCUT2D eigenvalue weighted by Crippen LogP contribution is -2.35. The minimum absolute atomic E-state index is 0.0175. The number of hydrogen-bond acceptors (Lipinski definition) is 3. The highest BCUT2D eigenvalue weighted by molar-refractivity contribution is 5.99. The Morgan fingerprint density at radius 1 is 1.47 bits per heavy atom. The van der Waals surface area contributed by atoms with Crippen LogP contribution in [0.5, 0.6) is 0 Å². The van der Waals surface area contributed by atoms with Gasteiger partial charge in [0.2, 0.25) is 5.91 Å². The molecule has 0 bridgehead atoms. The summed E-state index contributed by atoms with van der Waals surface area (Å²) in [4.78, 5) is 24.1. The molecular formula is C14H18N2O3. The summed E-state index contributed by atoms with van der Waals surface area (Å²) in [6.45, 7) is 0. The molecule has 102 valence electrons. The molecule has 2 rings (SSSR count). The van der Waals surface area contributed by atoms with Crippen LogP contribution in [0.3, 0.4) is 0 Å². The zero-order chi connectivity index (χ0) is 14.0. The summed E-state index contributed by atoms with van der Waals surface area (Å²) in [5, 5.41) is 11.9. The molecule has 1 aromatic carbocycles. The van der Waals surface area contributed by atoms with Crippen molar-refractivity contribution in [3.05, 3.63) is 29.3 Å². The van der Waals surface area contributed by atoms with Crippen molar-refractivity contribution >= 4 is 17.6 Å². The summed E-state index contributed by atoms with van der Waals surface area (Å²) in [6, 6.07) is 5.34. The van der Waals surface area contributed by atoms with Crippen molar-refractivity contribution in [3.8, 4) is 0 Å². The molecule has 1 aromatic rings. The van der Waals surface area contributed by atoms with Crippen LogP contribution in [-0.4, -0.2) is 42.0 Å². The Morgan fingerprint density at radius 2 is 2.21 bits per heavy atom. The Morgan fingerprint density at radius 3 is 2.84 bits per heavy atom. The van der Waals surface area contributed by atoms with Gasteiger partial charge in [-0.15, -0.1) is 0 Å². The van der Waals surface area contributed by atoms with Gasteiger partial charge in [0.1, 0.15) is 6.04 Å². The molecule has 5 heteroatoms. The lowest BCUT2D eigenvalue weighted by molar-refractivity contribution is -0.142. The smallest absolute Gasteiger partial charge is 0.320 e. The quantitative estimate of drug-likeness (QED) is 0.834. The van der Waals surface area contributed by atoms with Crippen LogP contribution in [-0.2, 0) is 22.4 Å². The number of anilines is 1. The highest BCUT2D eigenvalue weighted by Gasteiger charge is 2.21. The van der Waals surface area contributed by atoms with Gasteiger partial charge in [-0.25, -0.2) is 0 Å². The van der Waals surface area contributed by atoms with E-state index in [1.807, 2.05) is 18.2 Å². The predicted octanol–water partition coefficient (Wildman–Crippen LogP) is 1.13. The Balaban J connectivity index is 2.03. The molecule has 0 saturated carbocycles. The molecule has 0 saturated heterocycles. The van der Waals surface area contributed by atoms with Gasteiger partial charge in [-0.2, -0.15) is 0 Å². The summed E-state index contributed by atoms with van der Waals surface area (Å²) in [5.74, 6) is -0.785. The average Bonchev–Trinajstić information content (AvgIpc) is 2.67. The van der Waals surface area contributed by atoms with E-state index < -0.39 is 12.0 Å². The van der Waals surface area contributed by atoms with E-state index in [4.69, 9.17) is 5.11 Å². The Kier molecular flexibility index (Phi) is 3.85. The third-order valence-corrected chi connectivity index (χ3v) is 3.41. The van der Waals surface area contributed by atoms with E-state index >= 15 is 0 Å². The fourth-order valence-corrected chi connectivity index (χ4v) is 2.34. The highest BCUT2D eigenvalue weighted by atomic mass is 16.4. The number of carbonyl (C=O) groups is 2. The second-order valence-corrected chi connectivity index (χ2v) is 5.07. The van der Waals surface area contributed by atoms with Gasteiger partial charge in [0.05, 0.1) is 6.42 Å². The summed E-state index contributed by atoms with van der Waals surface area (Å²) in [7, 11) is 3.54. The number of hydrogen-bond donors (Lipinski definition) is 2. The molecule has 1 unspecified atom stereocenters. The number of carbonyl (C=O) groups excluding carboxylic acids is 1. The van der Waals surface area contributed by atoms with Gasteiger partial charge in [0.25, 0.3) is 0 Å². The van der Waals surface area contributed by atoms with E-state index in [-0.39, 0.29) is 5.91 Å². The number of nitrogens with zero attached hydrogens (tertiary/aromatic N) is 1. The van der Waals surface area contributed by atoms with Crippen LogP contribution in [0.1, 0.15) is 17.5 Å². The van der Waals surface area contributed by atoms with Crippen molar-refractivity contribution in [3.63, 3.8) is 0 Å². The van der Waals surface area contributed by atoms with Gasteiger partial charge in [-0.1, -0.05) is 12.1 Å². The van der Waals surface area contributed by atoms with Gasteiger partial charge >= 0.3 is 5.97 Å². The second-order valence-electron chi connectivity index (χ2n) is 5.07. The molecule has 1 aliphatic rings. The van der Waals surface area contributed by atoms with Crippen molar-refractivity contribution in [1.29, 1.82) is 0 Å².